The first-order chi connectivity index (χ1) is 19.6. The number of sulfone groups is 1. The second-order valence-electron chi connectivity index (χ2n) is 9.44. The number of aliphatic hydroxyl groups is 1. The zero-order chi connectivity index (χ0) is 31.0. The molecule has 4 rings (SSSR count). The van der Waals surface area contributed by atoms with Crippen LogP contribution in [0.5, 0.6) is 0 Å². The van der Waals surface area contributed by atoms with Gasteiger partial charge in [0.05, 0.1) is 28.6 Å². The lowest BCUT2D eigenvalue weighted by molar-refractivity contribution is -0.141. The van der Waals surface area contributed by atoms with Gasteiger partial charge in [0.25, 0.3) is 0 Å². The van der Waals surface area contributed by atoms with Gasteiger partial charge in [-0.15, -0.1) is 0 Å². The minimum atomic E-state index is -4.68. The Kier molecular flexibility index (Phi) is 8.95. The summed E-state index contributed by atoms with van der Waals surface area (Å²) in [6, 6.07) is 14.5. The number of anilines is 1. The number of imidazole rings is 1. The molecule has 0 bridgehead atoms. The smallest absolute Gasteiger partial charge is 0.403 e. The van der Waals surface area contributed by atoms with E-state index in [0.29, 0.717) is 21.8 Å². The van der Waals surface area contributed by atoms with Crippen molar-refractivity contribution in [2.45, 2.75) is 31.0 Å². The molecule has 0 atom stereocenters. The monoisotopic (exact) mass is 639 g/mol. The number of hydrazine groups is 1. The summed E-state index contributed by atoms with van der Waals surface area (Å²) in [6.07, 6.45) is -1.33. The average Bonchev–Trinajstić information content (AvgIpc) is 3.32. The van der Waals surface area contributed by atoms with Crippen molar-refractivity contribution in [2.24, 2.45) is 11.6 Å². The first-order valence-electron chi connectivity index (χ1n) is 12.3. The molecule has 0 aliphatic heterocycles. The number of aliphatic hydroxyl groups excluding tert-OH is 1. The number of aromatic nitrogens is 2. The fraction of sp³-hybridized carbons (Fsp3) is 0.179. The first kappa shape index (κ1) is 31.4. The van der Waals surface area contributed by atoms with Crippen LogP contribution >= 0.6 is 23.2 Å². The van der Waals surface area contributed by atoms with E-state index in [-0.39, 0.29) is 39.1 Å². The second-order valence-corrected chi connectivity index (χ2v) is 12.3. The highest BCUT2D eigenvalue weighted by atomic mass is 35.5. The summed E-state index contributed by atoms with van der Waals surface area (Å²) in [5.41, 5.74) is 7.34. The molecule has 1 aromatic heterocycles. The largest absolute Gasteiger partial charge is 0.434 e. The van der Waals surface area contributed by atoms with Crippen molar-refractivity contribution < 1.29 is 26.7 Å². The Labute approximate surface area is 250 Å². The zero-order valence-corrected chi connectivity index (χ0v) is 24.7. The summed E-state index contributed by atoms with van der Waals surface area (Å²) in [5.74, 6) is 6.63. The standard InChI is InChI=1S/C28H26Cl2F3N5O3S/c1-16-36-27(28(31,32)33)14-37(16)24-7-6-18(19-10-23(30)22(15-39)26(12-19)42(2,40)41)11-25(24)38(35)21(13-34)9-17-4-3-5-20(29)8-17/h3-8,10-14,39H,9,15,34-35H2,1-2H3/b21-13-. The number of rotatable bonds is 8. The molecule has 0 saturated heterocycles. The molecule has 1 heterocycles. The molecule has 8 nitrogen and oxygen atoms in total. The molecule has 0 radical (unpaired) electrons. The molecule has 4 aromatic rings. The SMILES string of the molecule is Cc1nc(C(F)(F)F)cn1-c1ccc(-c2cc(Cl)c(CO)c(S(C)(=O)=O)c2)cc1N(N)/C(=C\N)Cc1cccc(Cl)c1. The van der Waals surface area contributed by atoms with Crippen LogP contribution < -0.4 is 16.6 Å². The quantitative estimate of drug-likeness (QED) is 0.164. The van der Waals surface area contributed by atoms with Gasteiger partial charge >= 0.3 is 6.18 Å². The number of aryl methyl sites for hydroxylation is 1. The van der Waals surface area contributed by atoms with Crippen LogP contribution in [0.4, 0.5) is 18.9 Å². The van der Waals surface area contributed by atoms with E-state index in [1.54, 1.807) is 30.3 Å². The lowest BCUT2D eigenvalue weighted by atomic mass is 10.0. The summed E-state index contributed by atoms with van der Waals surface area (Å²) in [7, 11) is -3.78. The van der Waals surface area contributed by atoms with Crippen LogP contribution in [0.25, 0.3) is 16.8 Å². The van der Waals surface area contributed by atoms with Crippen molar-refractivity contribution in [3.63, 3.8) is 0 Å². The number of halogens is 5. The Balaban J connectivity index is 1.93. The highest BCUT2D eigenvalue weighted by Gasteiger charge is 2.35. The molecule has 3 aromatic carbocycles. The van der Waals surface area contributed by atoms with Gasteiger partial charge in [0, 0.05) is 40.7 Å². The first-order valence-corrected chi connectivity index (χ1v) is 14.9. The number of nitrogens with zero attached hydrogens (tertiary/aromatic N) is 3. The van der Waals surface area contributed by atoms with Crippen LogP contribution in [-0.2, 0) is 29.0 Å². The number of alkyl halides is 3. The van der Waals surface area contributed by atoms with Crippen LogP contribution in [-0.4, -0.2) is 29.3 Å². The van der Waals surface area contributed by atoms with E-state index in [1.807, 2.05) is 6.07 Å². The Morgan fingerprint density at radius 1 is 1.12 bits per heavy atom. The highest BCUT2D eigenvalue weighted by molar-refractivity contribution is 7.90. The molecule has 42 heavy (non-hydrogen) atoms. The second kappa shape index (κ2) is 12.0. The van der Waals surface area contributed by atoms with Crippen LogP contribution in [0.1, 0.15) is 22.6 Å². The Bertz CT molecular complexity index is 1790. The number of hydrogen-bond donors (Lipinski definition) is 3. The molecule has 5 N–H and O–H groups in total. The third-order valence-corrected chi connectivity index (χ3v) is 8.22. The number of benzene rings is 3. The maximum absolute atomic E-state index is 13.5. The summed E-state index contributed by atoms with van der Waals surface area (Å²) in [4.78, 5) is 3.51. The highest BCUT2D eigenvalue weighted by Crippen LogP contribution is 2.37. The molecule has 0 unspecified atom stereocenters. The van der Waals surface area contributed by atoms with E-state index < -0.39 is 28.3 Å². The molecule has 0 aliphatic rings. The summed E-state index contributed by atoms with van der Waals surface area (Å²) >= 11 is 12.5. The molecular formula is C28H26Cl2F3N5O3S. The maximum atomic E-state index is 13.5. The molecule has 0 fully saturated rings. The fourth-order valence-electron chi connectivity index (χ4n) is 4.45. The Morgan fingerprint density at radius 3 is 2.40 bits per heavy atom. The van der Waals surface area contributed by atoms with Gasteiger partial charge in [-0.05, 0) is 60.0 Å². The van der Waals surface area contributed by atoms with E-state index >= 15 is 0 Å². The molecule has 0 amide bonds. The number of allylic oxidation sites excluding steroid dienone is 1. The zero-order valence-electron chi connectivity index (χ0n) is 22.3. The van der Waals surface area contributed by atoms with E-state index in [0.717, 1.165) is 18.0 Å². The number of hydrogen-bond acceptors (Lipinski definition) is 7. The molecule has 0 spiro atoms. The summed E-state index contributed by atoms with van der Waals surface area (Å²) in [5, 5.41) is 11.5. The predicted octanol–water partition coefficient (Wildman–Crippen LogP) is 5.79. The van der Waals surface area contributed by atoms with Gasteiger partial charge in [0.15, 0.2) is 15.5 Å². The minimum absolute atomic E-state index is 0.0226. The molecule has 222 valence electrons. The topological polar surface area (TPSA) is 127 Å². The van der Waals surface area contributed by atoms with Gasteiger partial charge in [-0.2, -0.15) is 13.2 Å². The van der Waals surface area contributed by atoms with Crippen molar-refractivity contribution in [1.82, 2.24) is 9.55 Å². The maximum Gasteiger partial charge on any atom is 0.434 e. The third-order valence-electron chi connectivity index (χ3n) is 6.49. The van der Waals surface area contributed by atoms with Crippen molar-refractivity contribution >= 4 is 38.7 Å². The molecular weight excluding hydrogens is 614 g/mol. The van der Waals surface area contributed by atoms with Gasteiger partial charge in [-0.3, -0.25) is 5.01 Å². The van der Waals surface area contributed by atoms with Crippen LogP contribution in [0.15, 0.2) is 77.6 Å². The molecule has 14 heteroatoms. The third kappa shape index (κ3) is 6.58. The van der Waals surface area contributed by atoms with Gasteiger partial charge in [0.1, 0.15) is 5.82 Å². The van der Waals surface area contributed by atoms with Crippen molar-refractivity contribution in [1.29, 1.82) is 0 Å². The normalized spacial score (nSPS) is 12.5. The van der Waals surface area contributed by atoms with Gasteiger partial charge < -0.3 is 15.4 Å². The van der Waals surface area contributed by atoms with Crippen LogP contribution in [0, 0.1) is 6.92 Å². The van der Waals surface area contributed by atoms with Crippen molar-refractivity contribution in [3.8, 4) is 16.8 Å². The lowest BCUT2D eigenvalue weighted by Crippen LogP contribution is -2.33. The number of nitrogens with two attached hydrogens (primary N) is 2. The molecule has 0 saturated carbocycles. The van der Waals surface area contributed by atoms with Crippen molar-refractivity contribution in [3.05, 3.63) is 105 Å². The van der Waals surface area contributed by atoms with Gasteiger partial charge in [-0.1, -0.05) is 41.4 Å². The Hall–Kier alpha value is -3.55. The fourth-order valence-corrected chi connectivity index (χ4v) is 5.96. The molecule has 0 aliphatic carbocycles. The van der Waals surface area contributed by atoms with Gasteiger partial charge in [-0.25, -0.2) is 19.2 Å². The summed E-state index contributed by atoms with van der Waals surface area (Å²) < 4.78 is 66.7. The van der Waals surface area contributed by atoms with E-state index in [1.165, 1.54) is 40.9 Å². The average molecular weight is 641 g/mol. The van der Waals surface area contributed by atoms with Crippen LogP contribution in [0.3, 0.4) is 0 Å². The van der Waals surface area contributed by atoms with Crippen molar-refractivity contribution in [2.75, 3.05) is 11.3 Å². The lowest BCUT2D eigenvalue weighted by Gasteiger charge is -2.26. The summed E-state index contributed by atoms with van der Waals surface area (Å²) in [6.45, 7) is 0.823. The van der Waals surface area contributed by atoms with Gasteiger partial charge in [0.2, 0.25) is 0 Å². The predicted molar refractivity (Wildman–Crippen MR) is 157 cm³/mol. The van der Waals surface area contributed by atoms with E-state index in [9.17, 15) is 26.7 Å². The van der Waals surface area contributed by atoms with E-state index in [4.69, 9.17) is 34.8 Å². The minimum Gasteiger partial charge on any atom is -0.403 e. The van der Waals surface area contributed by atoms with E-state index in [2.05, 4.69) is 4.98 Å². The Morgan fingerprint density at radius 2 is 1.83 bits per heavy atom. The van der Waals surface area contributed by atoms with Crippen LogP contribution in [0.2, 0.25) is 10.0 Å².